The van der Waals surface area contributed by atoms with E-state index in [4.69, 9.17) is 10.2 Å². The Bertz CT molecular complexity index is 722. The first-order valence-corrected chi connectivity index (χ1v) is 10.9. The third-order valence-electron chi connectivity index (χ3n) is 8.61. The summed E-state index contributed by atoms with van der Waals surface area (Å²) in [4.78, 5) is 31.5. The van der Waals surface area contributed by atoms with Gasteiger partial charge in [-0.1, -0.05) is 38.8 Å². The third-order valence-corrected chi connectivity index (χ3v) is 8.61. The summed E-state index contributed by atoms with van der Waals surface area (Å²) in [5.74, 6) is 1.08. The number of hydrogen-bond donors (Lipinski definition) is 2. The van der Waals surface area contributed by atoms with Crippen molar-refractivity contribution in [1.29, 1.82) is 0 Å². The molecule has 0 heterocycles. The van der Waals surface area contributed by atoms with Gasteiger partial charge in [-0.25, -0.2) is 9.59 Å². The van der Waals surface area contributed by atoms with E-state index in [1.807, 2.05) is 0 Å². The van der Waals surface area contributed by atoms with Crippen molar-refractivity contribution >= 4 is 17.7 Å². The molecule has 4 fully saturated rings. The maximum Gasteiger partial charge on any atom is 0.328 e. The number of carboxylic acid groups (broad SMARTS) is 2. The van der Waals surface area contributed by atoms with Gasteiger partial charge in [-0.15, -0.1) is 0 Å². The number of hydrogen-bond acceptors (Lipinski definition) is 3. The molecule has 6 atom stereocenters. The number of aliphatic carboxylic acids is 2. The van der Waals surface area contributed by atoms with Crippen molar-refractivity contribution < 1.29 is 24.6 Å². The second kappa shape index (κ2) is 8.08. The number of Topliss-reactive ketones (excluding diaryl/α,β-unsaturated/α-hetero) is 1. The molecule has 160 valence electrons. The van der Waals surface area contributed by atoms with E-state index in [1.165, 1.54) is 44.1 Å². The normalized spacial score (nSPS) is 41.0. The zero-order valence-corrected chi connectivity index (χ0v) is 17.7. The van der Waals surface area contributed by atoms with Crippen LogP contribution in [0.4, 0.5) is 0 Å². The molecule has 0 aromatic carbocycles. The Morgan fingerprint density at radius 1 is 1.00 bits per heavy atom. The van der Waals surface area contributed by atoms with Crippen LogP contribution in [0.25, 0.3) is 0 Å². The van der Waals surface area contributed by atoms with Gasteiger partial charge in [0.25, 0.3) is 0 Å². The van der Waals surface area contributed by atoms with Crippen molar-refractivity contribution in [2.24, 2.45) is 34.5 Å². The summed E-state index contributed by atoms with van der Waals surface area (Å²) in [6.45, 7) is 9.35. The smallest absolute Gasteiger partial charge is 0.328 e. The van der Waals surface area contributed by atoms with E-state index in [9.17, 15) is 14.4 Å². The first-order chi connectivity index (χ1) is 13.6. The monoisotopic (exact) mass is 402 g/mol. The Labute approximate surface area is 173 Å². The predicted molar refractivity (Wildman–Crippen MR) is 110 cm³/mol. The number of fused-ring (bicyclic) bond motifs is 5. The molecule has 0 aromatic rings. The molecule has 0 radical (unpaired) electrons. The lowest BCUT2D eigenvalue weighted by atomic mass is 9.44. The van der Waals surface area contributed by atoms with E-state index in [-0.39, 0.29) is 5.41 Å². The molecule has 4 aliphatic rings. The van der Waals surface area contributed by atoms with Gasteiger partial charge in [0.05, 0.1) is 0 Å². The van der Waals surface area contributed by atoms with E-state index < -0.39 is 11.9 Å². The van der Waals surface area contributed by atoms with Crippen molar-refractivity contribution in [3.05, 3.63) is 24.3 Å². The van der Waals surface area contributed by atoms with Crippen LogP contribution in [-0.2, 0) is 14.4 Å². The molecular formula is C24H34O5. The molecule has 0 bridgehead atoms. The van der Waals surface area contributed by atoms with Crippen LogP contribution >= 0.6 is 0 Å². The lowest BCUT2D eigenvalue weighted by Gasteiger charge is -2.60. The van der Waals surface area contributed by atoms with Crippen molar-refractivity contribution in [3.63, 3.8) is 0 Å². The molecule has 0 saturated heterocycles. The highest BCUT2D eigenvalue weighted by Gasteiger charge is 2.60. The van der Waals surface area contributed by atoms with Gasteiger partial charge in [-0.05, 0) is 67.6 Å². The fourth-order valence-electron chi connectivity index (χ4n) is 7.22. The predicted octanol–water partition coefficient (Wildman–Crippen LogP) is 4.87. The Kier molecular flexibility index (Phi) is 6.07. The van der Waals surface area contributed by atoms with Gasteiger partial charge >= 0.3 is 11.9 Å². The Morgan fingerprint density at radius 2 is 1.66 bits per heavy atom. The van der Waals surface area contributed by atoms with Crippen LogP contribution in [0.3, 0.4) is 0 Å². The zero-order valence-electron chi connectivity index (χ0n) is 17.7. The molecule has 4 aliphatic carbocycles. The Hall–Kier alpha value is -1.91. The molecule has 4 saturated carbocycles. The summed E-state index contributed by atoms with van der Waals surface area (Å²) in [5, 5.41) is 15.6. The fourth-order valence-corrected chi connectivity index (χ4v) is 7.22. The summed E-state index contributed by atoms with van der Waals surface area (Å²) in [5.41, 5.74) is 2.03. The second-order valence-electron chi connectivity index (χ2n) is 9.97. The number of allylic oxidation sites excluding steroid dienone is 1. The molecular weight excluding hydrogens is 368 g/mol. The van der Waals surface area contributed by atoms with Crippen LogP contribution < -0.4 is 0 Å². The van der Waals surface area contributed by atoms with Gasteiger partial charge < -0.3 is 10.2 Å². The Balaban J connectivity index is 0.000000258. The van der Waals surface area contributed by atoms with Gasteiger partial charge in [-0.2, -0.15) is 0 Å². The summed E-state index contributed by atoms with van der Waals surface area (Å²) >= 11 is 0. The van der Waals surface area contributed by atoms with Gasteiger partial charge in [0.1, 0.15) is 5.78 Å². The SMILES string of the molecule is C=C1C[C@@H]2[C@H](CC[C@]3(C)C(=O)CC[C@@H]23)[C@@]2(C)CCCC[C@H]12.O=C(O)/C=C/C(=O)O. The maximum absolute atomic E-state index is 12.4. The molecule has 0 spiro atoms. The van der Waals surface area contributed by atoms with Crippen LogP contribution in [0.15, 0.2) is 24.3 Å². The van der Waals surface area contributed by atoms with E-state index >= 15 is 0 Å². The average Bonchev–Trinajstić information content (AvgIpc) is 2.96. The molecule has 0 unspecified atom stereocenters. The first kappa shape index (κ1) is 21.8. The molecule has 0 aliphatic heterocycles. The van der Waals surface area contributed by atoms with Crippen LogP contribution in [0.1, 0.15) is 71.6 Å². The standard InChI is InChI=1S/C20H30O.C4H4O4/c1-13-12-14-16-7-8-18(21)20(16,3)11-9-17(14)19(2)10-5-4-6-15(13)19;5-3(6)1-2-4(7)8/h14-17H,1,4-12H2,2-3H3;1-2H,(H,5,6)(H,7,8)/b;2-1+/t14-,15+,16-,17-,19-,20-;/m0./s1. The molecule has 5 nitrogen and oxygen atoms in total. The molecule has 0 amide bonds. The van der Waals surface area contributed by atoms with Crippen LogP contribution in [-0.4, -0.2) is 27.9 Å². The van der Waals surface area contributed by atoms with E-state index in [1.54, 1.807) is 0 Å². The van der Waals surface area contributed by atoms with Crippen LogP contribution in [0, 0.1) is 34.5 Å². The maximum atomic E-state index is 12.4. The van der Waals surface area contributed by atoms with Crippen LogP contribution in [0.2, 0.25) is 0 Å². The summed E-state index contributed by atoms with van der Waals surface area (Å²) in [6.07, 6.45) is 12.4. The van der Waals surface area contributed by atoms with Crippen LogP contribution in [0.5, 0.6) is 0 Å². The molecule has 5 heteroatoms. The second-order valence-corrected chi connectivity index (χ2v) is 9.97. The van der Waals surface area contributed by atoms with E-state index in [0.717, 1.165) is 37.0 Å². The minimum absolute atomic E-state index is 0.0132. The summed E-state index contributed by atoms with van der Waals surface area (Å²) in [7, 11) is 0. The number of carbonyl (C=O) groups excluding carboxylic acids is 1. The Morgan fingerprint density at radius 3 is 2.28 bits per heavy atom. The van der Waals surface area contributed by atoms with Crippen molar-refractivity contribution in [3.8, 4) is 0 Å². The number of rotatable bonds is 2. The minimum atomic E-state index is -1.26. The van der Waals surface area contributed by atoms with Crippen molar-refractivity contribution in [1.82, 2.24) is 0 Å². The molecule has 4 rings (SSSR count). The molecule has 29 heavy (non-hydrogen) atoms. The first-order valence-electron chi connectivity index (χ1n) is 10.9. The number of ketones is 1. The molecule has 2 N–H and O–H groups in total. The lowest BCUT2D eigenvalue weighted by molar-refractivity contribution is -0.135. The number of carbonyl (C=O) groups is 3. The van der Waals surface area contributed by atoms with Crippen molar-refractivity contribution in [2.75, 3.05) is 0 Å². The highest BCUT2D eigenvalue weighted by molar-refractivity contribution is 5.89. The van der Waals surface area contributed by atoms with Gasteiger partial charge in [-0.3, -0.25) is 4.79 Å². The lowest BCUT2D eigenvalue weighted by Crippen LogP contribution is -2.53. The van der Waals surface area contributed by atoms with E-state index in [2.05, 4.69) is 20.4 Å². The van der Waals surface area contributed by atoms with Gasteiger partial charge in [0.15, 0.2) is 0 Å². The highest BCUT2D eigenvalue weighted by Crippen LogP contribution is 2.66. The largest absolute Gasteiger partial charge is 0.478 e. The highest BCUT2D eigenvalue weighted by atomic mass is 16.4. The van der Waals surface area contributed by atoms with E-state index in [0.29, 0.717) is 29.3 Å². The fraction of sp³-hybridized carbons (Fsp3) is 0.708. The average molecular weight is 403 g/mol. The third kappa shape index (κ3) is 3.93. The van der Waals surface area contributed by atoms with Crippen molar-refractivity contribution in [2.45, 2.75) is 71.6 Å². The summed E-state index contributed by atoms with van der Waals surface area (Å²) < 4.78 is 0. The van der Waals surface area contributed by atoms with Gasteiger partial charge in [0.2, 0.25) is 0 Å². The topological polar surface area (TPSA) is 91.7 Å². The number of carboxylic acids is 2. The molecule has 0 aromatic heterocycles. The summed E-state index contributed by atoms with van der Waals surface area (Å²) in [6, 6.07) is 0. The zero-order chi connectivity index (χ0) is 21.4. The minimum Gasteiger partial charge on any atom is -0.478 e. The van der Waals surface area contributed by atoms with Gasteiger partial charge in [0, 0.05) is 24.0 Å². The quantitative estimate of drug-likeness (QED) is 0.508.